The van der Waals surface area contributed by atoms with E-state index in [9.17, 15) is 4.79 Å². The molecule has 1 aromatic heterocycles. The lowest BCUT2D eigenvalue weighted by atomic mass is 10.2. The van der Waals surface area contributed by atoms with E-state index in [1.54, 1.807) is 6.20 Å². The second-order valence-electron chi connectivity index (χ2n) is 5.21. The number of pyridine rings is 1. The van der Waals surface area contributed by atoms with E-state index in [4.69, 9.17) is 0 Å². The van der Waals surface area contributed by atoms with Crippen LogP contribution < -0.4 is 5.32 Å². The third kappa shape index (κ3) is 2.53. The van der Waals surface area contributed by atoms with E-state index < -0.39 is 0 Å². The average Bonchev–Trinajstić information content (AvgIpc) is 3.10. The highest BCUT2D eigenvalue weighted by molar-refractivity contribution is 5.82. The molecule has 1 aromatic rings. The van der Waals surface area contributed by atoms with Crippen LogP contribution in [0.25, 0.3) is 0 Å². The van der Waals surface area contributed by atoms with Crippen LogP contribution in [0, 0.1) is 0 Å². The van der Waals surface area contributed by atoms with Gasteiger partial charge in [0.1, 0.15) is 0 Å². The van der Waals surface area contributed by atoms with Gasteiger partial charge in [0.15, 0.2) is 0 Å². The quantitative estimate of drug-likeness (QED) is 0.870. The third-order valence-electron chi connectivity index (χ3n) is 3.70. The van der Waals surface area contributed by atoms with Gasteiger partial charge < -0.3 is 10.2 Å². The van der Waals surface area contributed by atoms with Crippen molar-refractivity contribution < 1.29 is 4.79 Å². The maximum Gasteiger partial charge on any atom is 0.240 e. The molecule has 2 heterocycles. The summed E-state index contributed by atoms with van der Waals surface area (Å²) in [5.41, 5.74) is 1.12. The minimum absolute atomic E-state index is 0.0438. The summed E-state index contributed by atoms with van der Waals surface area (Å²) in [5, 5.41) is 3.30. The Morgan fingerprint density at radius 1 is 1.44 bits per heavy atom. The number of carbonyl (C=O) groups is 1. The molecule has 96 valence electrons. The molecular weight excluding hydrogens is 226 g/mol. The summed E-state index contributed by atoms with van der Waals surface area (Å²) >= 11 is 0. The Balaban J connectivity index is 1.70. The highest BCUT2D eigenvalue weighted by atomic mass is 16.2. The Morgan fingerprint density at radius 2 is 2.33 bits per heavy atom. The predicted molar refractivity (Wildman–Crippen MR) is 68.8 cm³/mol. The number of hydrogen-bond acceptors (Lipinski definition) is 3. The molecule has 4 nitrogen and oxygen atoms in total. The predicted octanol–water partition coefficient (Wildman–Crippen LogP) is 1.32. The highest BCUT2D eigenvalue weighted by Crippen LogP contribution is 2.29. The molecule has 1 atom stereocenters. The van der Waals surface area contributed by atoms with Crippen molar-refractivity contribution in [2.45, 2.75) is 44.3 Å². The van der Waals surface area contributed by atoms with Gasteiger partial charge >= 0.3 is 0 Å². The molecule has 1 saturated heterocycles. The molecule has 4 heteroatoms. The van der Waals surface area contributed by atoms with Crippen molar-refractivity contribution in [2.24, 2.45) is 0 Å². The Labute approximate surface area is 107 Å². The molecule has 1 aliphatic carbocycles. The molecule has 1 amide bonds. The number of nitrogens with zero attached hydrogens (tertiary/aromatic N) is 2. The molecular formula is C14H19N3O. The Bertz CT molecular complexity index is 410. The minimum Gasteiger partial charge on any atom is -0.334 e. The summed E-state index contributed by atoms with van der Waals surface area (Å²) in [4.78, 5) is 18.6. The monoisotopic (exact) mass is 245 g/mol. The molecule has 0 aromatic carbocycles. The zero-order chi connectivity index (χ0) is 12.4. The average molecular weight is 245 g/mol. The molecule has 2 aliphatic rings. The van der Waals surface area contributed by atoms with Gasteiger partial charge in [-0.1, -0.05) is 6.07 Å². The molecule has 3 rings (SSSR count). The van der Waals surface area contributed by atoms with Crippen molar-refractivity contribution in [1.29, 1.82) is 0 Å². The van der Waals surface area contributed by atoms with Crippen molar-refractivity contribution in [3.63, 3.8) is 0 Å². The Kier molecular flexibility index (Phi) is 3.28. The summed E-state index contributed by atoms with van der Waals surface area (Å²) in [7, 11) is 0. The van der Waals surface area contributed by atoms with Gasteiger partial charge in [-0.25, -0.2) is 0 Å². The lowest BCUT2D eigenvalue weighted by molar-refractivity contribution is -0.134. The zero-order valence-corrected chi connectivity index (χ0v) is 10.5. The molecule has 18 heavy (non-hydrogen) atoms. The molecule has 0 spiro atoms. The maximum atomic E-state index is 12.5. The first kappa shape index (κ1) is 11.7. The number of rotatable bonds is 4. The number of aromatic nitrogens is 1. The normalized spacial score (nSPS) is 23.0. The maximum absolute atomic E-state index is 12.5. The Hall–Kier alpha value is -1.42. The van der Waals surface area contributed by atoms with E-state index in [-0.39, 0.29) is 11.9 Å². The van der Waals surface area contributed by atoms with Gasteiger partial charge in [0, 0.05) is 25.0 Å². The van der Waals surface area contributed by atoms with Crippen molar-refractivity contribution in [3.05, 3.63) is 30.1 Å². The summed E-state index contributed by atoms with van der Waals surface area (Å²) in [6.07, 6.45) is 8.02. The van der Waals surface area contributed by atoms with Crippen molar-refractivity contribution >= 4 is 5.91 Å². The summed E-state index contributed by atoms with van der Waals surface area (Å²) < 4.78 is 0. The molecule has 0 radical (unpaired) electrons. The van der Waals surface area contributed by atoms with E-state index in [1.165, 1.54) is 0 Å². The number of hydrogen-bond donors (Lipinski definition) is 1. The fraction of sp³-hybridized carbons (Fsp3) is 0.571. The van der Waals surface area contributed by atoms with Crippen LogP contribution in [0.2, 0.25) is 0 Å². The summed E-state index contributed by atoms with van der Waals surface area (Å²) in [5.74, 6) is 0.277. The van der Waals surface area contributed by atoms with Crippen LogP contribution in [0.1, 0.15) is 31.2 Å². The molecule has 1 aliphatic heterocycles. The molecule has 1 saturated carbocycles. The van der Waals surface area contributed by atoms with E-state index in [0.717, 1.165) is 37.8 Å². The van der Waals surface area contributed by atoms with Crippen LogP contribution in [0.4, 0.5) is 0 Å². The largest absolute Gasteiger partial charge is 0.334 e. The van der Waals surface area contributed by atoms with Crippen LogP contribution in [0.15, 0.2) is 24.5 Å². The Morgan fingerprint density at radius 3 is 2.94 bits per heavy atom. The molecule has 1 N–H and O–H groups in total. The van der Waals surface area contributed by atoms with Gasteiger partial charge in [-0.15, -0.1) is 0 Å². The lowest BCUT2D eigenvalue weighted by Gasteiger charge is -2.25. The first-order valence-electron chi connectivity index (χ1n) is 6.77. The van der Waals surface area contributed by atoms with Crippen molar-refractivity contribution in [1.82, 2.24) is 15.2 Å². The van der Waals surface area contributed by atoms with E-state index in [0.29, 0.717) is 12.6 Å². The van der Waals surface area contributed by atoms with Crippen LogP contribution in [0.3, 0.4) is 0 Å². The number of carbonyl (C=O) groups excluding carboxylic acids is 1. The smallest absolute Gasteiger partial charge is 0.240 e. The van der Waals surface area contributed by atoms with Gasteiger partial charge in [-0.05, 0) is 43.9 Å². The van der Waals surface area contributed by atoms with Crippen LogP contribution in [0.5, 0.6) is 0 Å². The number of nitrogens with one attached hydrogen (secondary N) is 1. The summed E-state index contributed by atoms with van der Waals surface area (Å²) in [6, 6.07) is 4.47. The standard InChI is InChI=1S/C14H19N3O/c18-14(13-4-2-8-16-13)17(12-5-6-12)10-11-3-1-7-15-9-11/h1,3,7,9,12-13,16H,2,4-6,8,10H2. The SMILES string of the molecule is O=C(C1CCCN1)N(Cc1cccnc1)C1CC1. The van der Waals surface area contributed by atoms with Gasteiger partial charge in [0.05, 0.1) is 6.04 Å². The van der Waals surface area contributed by atoms with Crippen LogP contribution in [-0.2, 0) is 11.3 Å². The van der Waals surface area contributed by atoms with Crippen LogP contribution >= 0.6 is 0 Å². The fourth-order valence-corrected chi connectivity index (χ4v) is 2.56. The van der Waals surface area contributed by atoms with Gasteiger partial charge in [0.25, 0.3) is 0 Å². The first-order valence-corrected chi connectivity index (χ1v) is 6.77. The molecule has 2 fully saturated rings. The minimum atomic E-state index is 0.0438. The number of amides is 1. The zero-order valence-electron chi connectivity index (χ0n) is 10.5. The third-order valence-corrected chi connectivity index (χ3v) is 3.70. The van der Waals surface area contributed by atoms with E-state index in [2.05, 4.69) is 10.3 Å². The van der Waals surface area contributed by atoms with Crippen molar-refractivity contribution in [3.8, 4) is 0 Å². The highest BCUT2D eigenvalue weighted by Gasteiger charge is 2.36. The fourth-order valence-electron chi connectivity index (χ4n) is 2.56. The second kappa shape index (κ2) is 5.06. The van der Waals surface area contributed by atoms with Gasteiger partial charge in [0.2, 0.25) is 5.91 Å². The van der Waals surface area contributed by atoms with E-state index in [1.807, 2.05) is 23.2 Å². The summed E-state index contributed by atoms with van der Waals surface area (Å²) in [6.45, 7) is 1.68. The molecule has 0 bridgehead atoms. The lowest BCUT2D eigenvalue weighted by Crippen LogP contribution is -2.44. The second-order valence-corrected chi connectivity index (χ2v) is 5.21. The van der Waals surface area contributed by atoms with Gasteiger partial charge in [-0.2, -0.15) is 0 Å². The van der Waals surface area contributed by atoms with Gasteiger partial charge in [-0.3, -0.25) is 9.78 Å². The molecule has 1 unspecified atom stereocenters. The topological polar surface area (TPSA) is 45.2 Å². The van der Waals surface area contributed by atoms with Crippen LogP contribution in [-0.4, -0.2) is 34.4 Å². The van der Waals surface area contributed by atoms with E-state index >= 15 is 0 Å². The van der Waals surface area contributed by atoms with Crippen molar-refractivity contribution in [2.75, 3.05) is 6.54 Å². The first-order chi connectivity index (χ1) is 8.84.